The van der Waals surface area contributed by atoms with Crippen LogP contribution in [0.3, 0.4) is 0 Å². The van der Waals surface area contributed by atoms with Crippen molar-refractivity contribution in [3.63, 3.8) is 0 Å². The van der Waals surface area contributed by atoms with Crippen molar-refractivity contribution < 1.29 is 14.3 Å². The number of hydrogen-bond donors (Lipinski definition) is 2. The molecule has 0 fully saturated rings. The van der Waals surface area contributed by atoms with Gasteiger partial charge in [-0.05, 0) is 31.0 Å². The van der Waals surface area contributed by atoms with Gasteiger partial charge in [0.15, 0.2) is 0 Å². The fourth-order valence-electron chi connectivity index (χ4n) is 2.03. The molecule has 5 nitrogen and oxygen atoms in total. The summed E-state index contributed by atoms with van der Waals surface area (Å²) >= 11 is 1.41. The van der Waals surface area contributed by atoms with E-state index in [2.05, 4.69) is 10.6 Å². The van der Waals surface area contributed by atoms with Crippen LogP contribution in [0.4, 0.5) is 0 Å². The number of benzene rings is 1. The minimum absolute atomic E-state index is 0.0132. The molecule has 2 aromatic rings. The fourth-order valence-corrected chi connectivity index (χ4v) is 2.82. The lowest BCUT2D eigenvalue weighted by molar-refractivity contribution is -0.120. The number of nitrogens with one attached hydrogen (secondary N) is 2. The molecule has 1 aromatic heterocycles. The molecule has 0 aliphatic carbocycles. The molecule has 0 radical (unpaired) electrons. The lowest BCUT2D eigenvalue weighted by atomic mass is 10.2. The predicted molar refractivity (Wildman–Crippen MR) is 95.1 cm³/mol. The number of rotatable bonds is 9. The number of aryl methyl sites for hydroxylation is 1. The molecule has 0 atom stereocenters. The zero-order chi connectivity index (χ0) is 17.2. The zero-order valence-corrected chi connectivity index (χ0v) is 14.5. The minimum Gasteiger partial charge on any atom is -0.377 e. The first-order chi connectivity index (χ1) is 11.6. The van der Waals surface area contributed by atoms with E-state index in [0.29, 0.717) is 24.6 Å². The molecule has 2 amide bonds. The van der Waals surface area contributed by atoms with Crippen LogP contribution in [0.2, 0.25) is 0 Å². The minimum atomic E-state index is -0.213. The van der Waals surface area contributed by atoms with E-state index in [1.165, 1.54) is 11.3 Å². The Morgan fingerprint density at radius 1 is 1.08 bits per heavy atom. The van der Waals surface area contributed by atoms with E-state index in [0.717, 1.165) is 16.9 Å². The first-order valence-corrected chi connectivity index (χ1v) is 8.70. The molecule has 0 spiro atoms. The molecular formula is C18H22N2O3S. The Labute approximate surface area is 146 Å². The number of carbonyl (C=O) groups is 2. The molecule has 0 aliphatic heterocycles. The van der Waals surface area contributed by atoms with Crippen LogP contribution in [0.1, 0.15) is 26.5 Å². The van der Waals surface area contributed by atoms with Gasteiger partial charge in [-0.3, -0.25) is 9.59 Å². The van der Waals surface area contributed by atoms with E-state index < -0.39 is 0 Å². The normalized spacial score (nSPS) is 10.4. The van der Waals surface area contributed by atoms with E-state index in [9.17, 15) is 9.59 Å². The number of ether oxygens (including phenoxy) is 1. The van der Waals surface area contributed by atoms with Crippen LogP contribution < -0.4 is 10.6 Å². The van der Waals surface area contributed by atoms with Crippen LogP contribution in [0, 0.1) is 6.92 Å². The molecule has 1 aromatic carbocycles. The maximum Gasteiger partial charge on any atom is 0.261 e. The van der Waals surface area contributed by atoms with Crippen LogP contribution in [0.25, 0.3) is 0 Å². The van der Waals surface area contributed by atoms with E-state index in [1.807, 2.05) is 43.3 Å². The standard InChI is InChI=1S/C18H22N2O3S/c1-14-8-9-16(24-14)18(22)20-12-17(21)19-10-5-11-23-13-15-6-3-2-4-7-15/h2-4,6-9H,5,10-13H2,1H3,(H,19,21)(H,20,22). The second-order valence-corrected chi connectivity index (χ2v) is 6.62. The molecule has 2 rings (SSSR count). The maximum absolute atomic E-state index is 11.8. The van der Waals surface area contributed by atoms with Crippen molar-refractivity contribution in [3.05, 3.63) is 57.8 Å². The Morgan fingerprint density at radius 3 is 2.58 bits per heavy atom. The summed E-state index contributed by atoms with van der Waals surface area (Å²) in [6, 6.07) is 13.6. The summed E-state index contributed by atoms with van der Waals surface area (Å²) in [5, 5.41) is 5.38. The lowest BCUT2D eigenvalue weighted by Gasteiger charge is -2.07. The van der Waals surface area contributed by atoms with Gasteiger partial charge in [0.25, 0.3) is 5.91 Å². The highest BCUT2D eigenvalue weighted by molar-refractivity contribution is 7.13. The van der Waals surface area contributed by atoms with Crippen molar-refractivity contribution in [3.8, 4) is 0 Å². The Bertz CT molecular complexity index is 655. The van der Waals surface area contributed by atoms with E-state index in [1.54, 1.807) is 6.07 Å². The molecule has 0 aliphatic rings. The first-order valence-electron chi connectivity index (χ1n) is 7.88. The molecule has 2 N–H and O–H groups in total. The van der Waals surface area contributed by atoms with Gasteiger partial charge in [-0.25, -0.2) is 0 Å². The van der Waals surface area contributed by atoms with Gasteiger partial charge in [0.2, 0.25) is 5.91 Å². The third-order valence-corrected chi connectivity index (χ3v) is 4.27. The van der Waals surface area contributed by atoms with Crippen LogP contribution in [-0.2, 0) is 16.1 Å². The van der Waals surface area contributed by atoms with Crippen LogP contribution >= 0.6 is 11.3 Å². The molecule has 0 unspecified atom stereocenters. The van der Waals surface area contributed by atoms with Crippen molar-refractivity contribution in [2.24, 2.45) is 0 Å². The summed E-state index contributed by atoms with van der Waals surface area (Å²) < 4.78 is 5.54. The molecular weight excluding hydrogens is 324 g/mol. The van der Waals surface area contributed by atoms with Gasteiger partial charge in [-0.1, -0.05) is 30.3 Å². The van der Waals surface area contributed by atoms with Gasteiger partial charge in [-0.15, -0.1) is 11.3 Å². The number of amides is 2. The number of hydrogen-bond acceptors (Lipinski definition) is 4. The number of thiophene rings is 1. The Balaban J connectivity index is 1.51. The zero-order valence-electron chi connectivity index (χ0n) is 13.7. The fraction of sp³-hybridized carbons (Fsp3) is 0.333. The van der Waals surface area contributed by atoms with Crippen molar-refractivity contribution >= 4 is 23.2 Å². The molecule has 0 saturated carbocycles. The Hall–Kier alpha value is -2.18. The molecule has 6 heteroatoms. The highest BCUT2D eigenvalue weighted by Gasteiger charge is 2.09. The highest BCUT2D eigenvalue weighted by atomic mass is 32.1. The van der Waals surface area contributed by atoms with Crippen molar-refractivity contribution in [1.29, 1.82) is 0 Å². The van der Waals surface area contributed by atoms with Crippen molar-refractivity contribution in [2.75, 3.05) is 19.7 Å². The van der Waals surface area contributed by atoms with Gasteiger partial charge in [-0.2, -0.15) is 0 Å². The molecule has 0 saturated heterocycles. The summed E-state index contributed by atoms with van der Waals surface area (Å²) in [7, 11) is 0. The number of carbonyl (C=O) groups excluding carboxylic acids is 2. The van der Waals surface area contributed by atoms with Gasteiger partial charge in [0, 0.05) is 18.0 Å². The average molecular weight is 346 g/mol. The largest absolute Gasteiger partial charge is 0.377 e. The van der Waals surface area contributed by atoms with Gasteiger partial charge in [0.05, 0.1) is 18.0 Å². The van der Waals surface area contributed by atoms with Gasteiger partial charge < -0.3 is 15.4 Å². The summed E-state index contributed by atoms with van der Waals surface area (Å²) in [6.45, 7) is 3.61. The second kappa shape index (κ2) is 9.85. The Morgan fingerprint density at radius 2 is 1.88 bits per heavy atom. The summed E-state index contributed by atoms with van der Waals surface area (Å²) in [4.78, 5) is 25.2. The maximum atomic E-state index is 11.8. The predicted octanol–water partition coefficient (Wildman–Crippen LogP) is 2.51. The van der Waals surface area contributed by atoms with Crippen molar-refractivity contribution in [1.82, 2.24) is 10.6 Å². The Kier molecular flexibility index (Phi) is 7.45. The third kappa shape index (κ3) is 6.52. The summed E-state index contributed by atoms with van der Waals surface area (Å²) in [5.74, 6) is -0.408. The molecule has 1 heterocycles. The molecule has 128 valence electrons. The van der Waals surface area contributed by atoms with Crippen molar-refractivity contribution in [2.45, 2.75) is 20.0 Å². The smallest absolute Gasteiger partial charge is 0.261 e. The first kappa shape index (κ1) is 18.2. The van der Waals surface area contributed by atoms with Gasteiger partial charge >= 0.3 is 0 Å². The monoisotopic (exact) mass is 346 g/mol. The van der Waals surface area contributed by atoms with Crippen LogP contribution in [0.5, 0.6) is 0 Å². The van der Waals surface area contributed by atoms with Gasteiger partial charge in [0.1, 0.15) is 0 Å². The highest BCUT2D eigenvalue weighted by Crippen LogP contribution is 2.14. The molecule has 24 heavy (non-hydrogen) atoms. The molecule has 0 bridgehead atoms. The van der Waals surface area contributed by atoms with E-state index in [4.69, 9.17) is 4.74 Å². The van der Waals surface area contributed by atoms with Crippen LogP contribution in [-0.4, -0.2) is 31.5 Å². The summed E-state index contributed by atoms with van der Waals surface area (Å²) in [6.07, 6.45) is 0.733. The average Bonchev–Trinajstić information content (AvgIpc) is 3.03. The second-order valence-electron chi connectivity index (χ2n) is 5.33. The van der Waals surface area contributed by atoms with Crippen LogP contribution in [0.15, 0.2) is 42.5 Å². The topological polar surface area (TPSA) is 67.4 Å². The summed E-state index contributed by atoms with van der Waals surface area (Å²) in [5.41, 5.74) is 1.13. The quantitative estimate of drug-likeness (QED) is 0.686. The van der Waals surface area contributed by atoms with E-state index >= 15 is 0 Å². The van der Waals surface area contributed by atoms with E-state index in [-0.39, 0.29) is 18.4 Å². The lowest BCUT2D eigenvalue weighted by Crippen LogP contribution is -2.37. The third-order valence-electron chi connectivity index (χ3n) is 3.27. The SMILES string of the molecule is Cc1ccc(C(=O)NCC(=O)NCCCOCc2ccccc2)s1.